The summed E-state index contributed by atoms with van der Waals surface area (Å²) in [6.07, 6.45) is 1.57. The maximum atomic E-state index is 13.3. The molecule has 2 aliphatic heterocycles. The monoisotopic (exact) mass is 502 g/mol. The molecule has 0 fully saturated rings. The highest BCUT2D eigenvalue weighted by Crippen LogP contribution is 2.49. The Morgan fingerprint density at radius 3 is 2.24 bits per heavy atom. The Morgan fingerprint density at radius 1 is 0.919 bits per heavy atom. The normalized spacial score (nSPS) is 16.9. The molecule has 0 spiro atoms. The van der Waals surface area contributed by atoms with Gasteiger partial charge in [-0.1, -0.05) is 12.1 Å². The molecule has 2 heterocycles. The SMILES string of the molecule is COc1cc(OC)c(OC)cc1/C=C1/Oc2c(ccc3c2[C@@H](c2ccc(C(=O)O)cc2)CC(=O)O3)C1=O. The minimum Gasteiger partial charge on any atom is -0.496 e. The lowest BCUT2D eigenvalue weighted by atomic mass is 9.84. The molecular formula is C28H22O9. The largest absolute Gasteiger partial charge is 0.496 e. The minimum absolute atomic E-state index is 0.00989. The number of aromatic carboxylic acids is 1. The molecule has 3 aromatic rings. The summed E-state index contributed by atoms with van der Waals surface area (Å²) >= 11 is 0. The van der Waals surface area contributed by atoms with E-state index in [9.17, 15) is 19.5 Å². The standard InChI is InChI=1S/C28H22O9/c1-33-20-13-22(35-3)21(34-2)10-16(20)11-23-26(30)17-8-9-19-25(27(17)37-23)18(12-24(29)36-19)14-4-6-15(7-5-14)28(31)32/h4-11,13,18H,12H2,1-3H3,(H,31,32)/b23-11+/t18-/m1/s1. The number of methoxy groups -OCH3 is 3. The molecule has 1 N–H and O–H groups in total. The molecule has 0 saturated carbocycles. The zero-order chi connectivity index (χ0) is 26.3. The fourth-order valence-corrected chi connectivity index (χ4v) is 4.56. The van der Waals surface area contributed by atoms with Gasteiger partial charge in [0.05, 0.1) is 38.9 Å². The third kappa shape index (κ3) is 4.14. The summed E-state index contributed by atoms with van der Waals surface area (Å²) < 4.78 is 27.7. The second kappa shape index (κ2) is 9.34. The fraction of sp³-hybridized carbons (Fsp3) is 0.179. The van der Waals surface area contributed by atoms with E-state index in [1.165, 1.54) is 33.5 Å². The van der Waals surface area contributed by atoms with Gasteiger partial charge in [-0.05, 0) is 42.0 Å². The van der Waals surface area contributed by atoms with Crippen LogP contribution in [0.1, 0.15) is 49.7 Å². The molecule has 37 heavy (non-hydrogen) atoms. The average molecular weight is 502 g/mol. The summed E-state index contributed by atoms with van der Waals surface area (Å²) in [5.41, 5.74) is 2.25. The Bertz CT molecular complexity index is 1470. The molecule has 0 aliphatic carbocycles. The van der Waals surface area contributed by atoms with Crippen molar-refractivity contribution in [2.24, 2.45) is 0 Å². The first kappa shape index (κ1) is 23.9. The first-order valence-corrected chi connectivity index (χ1v) is 11.3. The van der Waals surface area contributed by atoms with E-state index in [4.69, 9.17) is 23.7 Å². The summed E-state index contributed by atoms with van der Waals surface area (Å²) in [5, 5.41) is 9.23. The zero-order valence-corrected chi connectivity index (χ0v) is 20.2. The highest BCUT2D eigenvalue weighted by Gasteiger charge is 2.38. The van der Waals surface area contributed by atoms with Gasteiger partial charge in [-0.15, -0.1) is 0 Å². The first-order valence-electron chi connectivity index (χ1n) is 11.3. The van der Waals surface area contributed by atoms with Gasteiger partial charge in [0.25, 0.3) is 0 Å². The predicted octanol–water partition coefficient (Wildman–Crippen LogP) is 4.47. The van der Waals surface area contributed by atoms with Crippen LogP contribution in [0.2, 0.25) is 0 Å². The van der Waals surface area contributed by atoms with Gasteiger partial charge in [-0.2, -0.15) is 0 Å². The van der Waals surface area contributed by atoms with E-state index in [-0.39, 0.29) is 23.5 Å². The molecule has 9 heteroatoms. The Hall–Kier alpha value is -4.79. The zero-order valence-electron chi connectivity index (χ0n) is 20.2. The molecule has 5 rings (SSSR count). The van der Waals surface area contributed by atoms with Crippen LogP contribution in [0.4, 0.5) is 0 Å². The van der Waals surface area contributed by atoms with E-state index in [2.05, 4.69) is 0 Å². The number of rotatable bonds is 6. The maximum absolute atomic E-state index is 13.3. The van der Waals surface area contributed by atoms with Crippen LogP contribution in [0.3, 0.4) is 0 Å². The number of carboxylic acid groups (broad SMARTS) is 1. The molecule has 3 aromatic carbocycles. The summed E-state index contributed by atoms with van der Waals surface area (Å²) in [6, 6.07) is 12.7. The van der Waals surface area contributed by atoms with Crippen LogP contribution in [-0.4, -0.2) is 44.2 Å². The number of ketones is 1. The Balaban J connectivity index is 1.59. The summed E-state index contributed by atoms with van der Waals surface area (Å²) in [5.74, 6) is -0.296. The molecule has 0 aromatic heterocycles. The third-order valence-corrected chi connectivity index (χ3v) is 6.36. The van der Waals surface area contributed by atoms with Gasteiger partial charge < -0.3 is 28.8 Å². The molecule has 0 unspecified atom stereocenters. The first-order chi connectivity index (χ1) is 17.8. The van der Waals surface area contributed by atoms with E-state index in [0.29, 0.717) is 51.0 Å². The van der Waals surface area contributed by atoms with Gasteiger partial charge in [0.1, 0.15) is 17.2 Å². The quantitative estimate of drug-likeness (QED) is 0.296. The van der Waals surface area contributed by atoms with E-state index in [1.807, 2.05) is 0 Å². The highest BCUT2D eigenvalue weighted by molar-refractivity contribution is 6.15. The Labute approximate surface area is 211 Å². The van der Waals surface area contributed by atoms with Crippen molar-refractivity contribution in [3.8, 4) is 28.7 Å². The van der Waals surface area contributed by atoms with E-state index >= 15 is 0 Å². The van der Waals surface area contributed by atoms with Crippen LogP contribution in [0, 0.1) is 0 Å². The van der Waals surface area contributed by atoms with E-state index in [0.717, 1.165) is 0 Å². The number of carbonyl (C=O) groups excluding carboxylic acids is 2. The van der Waals surface area contributed by atoms with Crippen LogP contribution >= 0.6 is 0 Å². The van der Waals surface area contributed by atoms with Crippen molar-refractivity contribution in [3.05, 3.63) is 82.1 Å². The number of benzene rings is 3. The average Bonchev–Trinajstić information content (AvgIpc) is 3.22. The minimum atomic E-state index is -1.05. The van der Waals surface area contributed by atoms with E-state index in [1.54, 1.807) is 42.5 Å². The highest BCUT2D eigenvalue weighted by atomic mass is 16.5. The number of Topliss-reactive ketones (excluding diaryl/α,β-unsaturated/α-hetero) is 1. The van der Waals surface area contributed by atoms with Crippen molar-refractivity contribution >= 4 is 23.8 Å². The number of fused-ring (bicyclic) bond motifs is 3. The summed E-state index contributed by atoms with van der Waals surface area (Å²) in [6.45, 7) is 0. The lowest BCUT2D eigenvalue weighted by molar-refractivity contribution is -0.135. The number of esters is 1. The van der Waals surface area contributed by atoms with Crippen LogP contribution in [0.25, 0.3) is 6.08 Å². The molecule has 9 nitrogen and oxygen atoms in total. The van der Waals surface area contributed by atoms with Gasteiger partial charge in [0, 0.05) is 23.1 Å². The second-order valence-corrected chi connectivity index (χ2v) is 8.40. The van der Waals surface area contributed by atoms with Gasteiger partial charge in [0.2, 0.25) is 5.78 Å². The van der Waals surface area contributed by atoms with Crippen molar-refractivity contribution in [1.29, 1.82) is 0 Å². The fourth-order valence-electron chi connectivity index (χ4n) is 4.56. The number of carbonyl (C=O) groups is 3. The second-order valence-electron chi connectivity index (χ2n) is 8.40. The lowest BCUT2D eigenvalue weighted by Gasteiger charge is -2.26. The van der Waals surface area contributed by atoms with Crippen LogP contribution < -0.4 is 23.7 Å². The molecule has 0 amide bonds. The van der Waals surface area contributed by atoms with Crippen molar-refractivity contribution in [3.63, 3.8) is 0 Å². The van der Waals surface area contributed by atoms with Gasteiger partial charge in [-0.3, -0.25) is 9.59 Å². The molecule has 2 aliphatic rings. The number of hydrogen-bond acceptors (Lipinski definition) is 8. The van der Waals surface area contributed by atoms with Gasteiger partial charge in [0.15, 0.2) is 17.3 Å². The predicted molar refractivity (Wildman–Crippen MR) is 131 cm³/mol. The van der Waals surface area contributed by atoms with Crippen molar-refractivity contribution in [2.75, 3.05) is 21.3 Å². The lowest BCUT2D eigenvalue weighted by Crippen LogP contribution is -2.21. The molecule has 0 saturated heterocycles. The number of ether oxygens (including phenoxy) is 5. The van der Waals surface area contributed by atoms with Crippen LogP contribution in [-0.2, 0) is 4.79 Å². The number of allylic oxidation sites excluding steroid dienone is 1. The van der Waals surface area contributed by atoms with Gasteiger partial charge in [-0.25, -0.2) is 4.79 Å². The van der Waals surface area contributed by atoms with Crippen LogP contribution in [0.5, 0.6) is 28.7 Å². The van der Waals surface area contributed by atoms with Crippen molar-refractivity contribution in [1.82, 2.24) is 0 Å². The molecule has 0 bridgehead atoms. The third-order valence-electron chi connectivity index (χ3n) is 6.36. The molecular weight excluding hydrogens is 480 g/mol. The maximum Gasteiger partial charge on any atom is 0.335 e. The molecule has 1 atom stereocenters. The van der Waals surface area contributed by atoms with Crippen molar-refractivity contribution < 1.29 is 43.2 Å². The number of hydrogen-bond donors (Lipinski definition) is 1. The molecule has 188 valence electrons. The molecule has 0 radical (unpaired) electrons. The Kier molecular flexibility index (Phi) is 6.04. The summed E-state index contributed by atoms with van der Waals surface area (Å²) in [7, 11) is 4.52. The topological polar surface area (TPSA) is 118 Å². The Morgan fingerprint density at radius 2 is 1.59 bits per heavy atom. The van der Waals surface area contributed by atoms with E-state index < -0.39 is 17.9 Å². The van der Waals surface area contributed by atoms with Crippen LogP contribution in [0.15, 0.2) is 54.3 Å². The van der Waals surface area contributed by atoms with Gasteiger partial charge >= 0.3 is 11.9 Å². The number of carboxylic acids is 1. The summed E-state index contributed by atoms with van der Waals surface area (Å²) in [4.78, 5) is 37.0. The smallest absolute Gasteiger partial charge is 0.335 e. The van der Waals surface area contributed by atoms with Crippen molar-refractivity contribution in [2.45, 2.75) is 12.3 Å².